The Morgan fingerprint density at radius 2 is 2.12 bits per heavy atom. The Morgan fingerprint density at radius 3 is 2.84 bits per heavy atom. The molecule has 0 spiro atoms. The van der Waals surface area contributed by atoms with Crippen molar-refractivity contribution in [2.45, 2.75) is 5.16 Å². The minimum atomic E-state index is -0.441. The van der Waals surface area contributed by atoms with E-state index >= 15 is 0 Å². The first-order valence-electron chi connectivity index (χ1n) is 7.53. The molecule has 8 nitrogen and oxygen atoms in total. The van der Waals surface area contributed by atoms with Crippen LogP contribution in [0, 0.1) is 10.1 Å². The van der Waals surface area contributed by atoms with Gasteiger partial charge in [-0.2, -0.15) is 0 Å². The Balaban J connectivity index is 1.68. The third kappa shape index (κ3) is 2.82. The molecule has 0 radical (unpaired) electrons. The van der Waals surface area contributed by atoms with Crippen LogP contribution in [0.5, 0.6) is 5.75 Å². The van der Waals surface area contributed by atoms with Crippen LogP contribution in [-0.4, -0.2) is 40.1 Å². The number of amidine groups is 1. The van der Waals surface area contributed by atoms with E-state index in [1.807, 2.05) is 17.2 Å². The summed E-state index contributed by atoms with van der Waals surface area (Å²) in [7, 11) is 0. The molecule has 4 rings (SSSR count). The Labute approximate surface area is 147 Å². The van der Waals surface area contributed by atoms with Crippen molar-refractivity contribution in [2.75, 3.05) is 24.2 Å². The average molecular weight is 355 g/mol. The number of hydrogen-bond acceptors (Lipinski definition) is 8. The molecule has 0 fully saturated rings. The lowest BCUT2D eigenvalue weighted by molar-refractivity contribution is -0.384. The van der Waals surface area contributed by atoms with Crippen LogP contribution in [0.1, 0.15) is 5.56 Å². The number of non-ortho nitro benzene ring substituents is 1. The van der Waals surface area contributed by atoms with E-state index in [4.69, 9.17) is 4.74 Å². The molecule has 2 aromatic rings. The molecule has 0 bridgehead atoms. The fraction of sp³-hybridized carbons (Fsp3) is 0.188. The van der Waals surface area contributed by atoms with E-state index in [2.05, 4.69) is 15.0 Å². The topological polar surface area (TPSA) is 93.8 Å². The van der Waals surface area contributed by atoms with Gasteiger partial charge >= 0.3 is 0 Å². The number of fused-ring (bicyclic) bond motifs is 3. The number of nitrogens with zero attached hydrogens (tertiary/aromatic N) is 5. The maximum Gasteiger partial charge on any atom is 0.269 e. The molecule has 0 aliphatic carbocycles. The van der Waals surface area contributed by atoms with Crippen molar-refractivity contribution in [3.63, 3.8) is 0 Å². The number of benzene rings is 1. The van der Waals surface area contributed by atoms with Crippen molar-refractivity contribution >= 4 is 35.2 Å². The molecule has 1 aromatic heterocycles. The summed E-state index contributed by atoms with van der Waals surface area (Å²) >= 11 is 1.49. The van der Waals surface area contributed by atoms with E-state index < -0.39 is 4.92 Å². The van der Waals surface area contributed by atoms with Gasteiger partial charge in [-0.05, 0) is 24.5 Å². The summed E-state index contributed by atoms with van der Waals surface area (Å²) in [4.78, 5) is 25.7. The second-order valence-electron chi connectivity index (χ2n) is 5.35. The fourth-order valence-electron chi connectivity index (χ4n) is 2.69. The van der Waals surface area contributed by atoms with Gasteiger partial charge in [-0.15, -0.1) is 0 Å². The van der Waals surface area contributed by atoms with Gasteiger partial charge in [0, 0.05) is 30.4 Å². The standard InChI is InChI=1S/C16H13N5O3S/c1-25-16-18-9-10-8-13(15-17-6-7-20(15)14(10)19-16)24-12-4-2-11(3-5-12)21(22)23/h2-5,8-9H,6-7H2,1H3. The summed E-state index contributed by atoms with van der Waals surface area (Å²) in [5, 5.41) is 11.5. The van der Waals surface area contributed by atoms with Gasteiger partial charge in [0.15, 0.2) is 16.8 Å². The lowest BCUT2D eigenvalue weighted by Gasteiger charge is -2.26. The molecule has 0 saturated carbocycles. The number of thioether (sulfide) groups is 1. The van der Waals surface area contributed by atoms with Crippen LogP contribution < -0.4 is 9.64 Å². The van der Waals surface area contributed by atoms with Crippen LogP contribution in [0.3, 0.4) is 0 Å². The lowest BCUT2D eigenvalue weighted by Crippen LogP contribution is -2.34. The van der Waals surface area contributed by atoms with Crippen LogP contribution in [0.2, 0.25) is 0 Å². The molecule has 2 aliphatic rings. The zero-order chi connectivity index (χ0) is 17.4. The predicted molar refractivity (Wildman–Crippen MR) is 95.2 cm³/mol. The minimum Gasteiger partial charge on any atom is -0.453 e. The molecule has 25 heavy (non-hydrogen) atoms. The molecule has 126 valence electrons. The van der Waals surface area contributed by atoms with Crippen molar-refractivity contribution in [3.05, 3.63) is 51.9 Å². The molecule has 0 saturated heterocycles. The van der Waals surface area contributed by atoms with Crippen LogP contribution in [0.25, 0.3) is 6.08 Å². The molecular weight excluding hydrogens is 342 g/mol. The maximum atomic E-state index is 10.8. The number of hydrogen-bond donors (Lipinski definition) is 0. The highest BCUT2D eigenvalue weighted by molar-refractivity contribution is 7.98. The van der Waals surface area contributed by atoms with Crippen molar-refractivity contribution < 1.29 is 9.66 Å². The van der Waals surface area contributed by atoms with Crippen molar-refractivity contribution in [2.24, 2.45) is 4.99 Å². The minimum absolute atomic E-state index is 0.0214. The number of ether oxygens (including phenoxy) is 1. The molecule has 0 atom stereocenters. The Kier molecular flexibility index (Phi) is 3.85. The third-order valence-electron chi connectivity index (χ3n) is 3.84. The summed E-state index contributed by atoms with van der Waals surface area (Å²) in [5.41, 5.74) is 0.878. The molecular formula is C16H13N5O3S. The third-order valence-corrected chi connectivity index (χ3v) is 4.40. The number of aliphatic imine (C=N–C) groups is 1. The van der Waals surface area contributed by atoms with Crippen LogP contribution >= 0.6 is 11.8 Å². The second kappa shape index (κ2) is 6.17. The van der Waals surface area contributed by atoms with Crippen molar-refractivity contribution in [1.29, 1.82) is 0 Å². The van der Waals surface area contributed by atoms with Gasteiger partial charge in [-0.3, -0.25) is 15.1 Å². The summed E-state index contributed by atoms with van der Waals surface area (Å²) < 4.78 is 5.92. The SMILES string of the molecule is CSc1ncc2c(n1)N1CCN=C1C(Oc1ccc([N+](=O)[O-])cc1)=C2. The van der Waals surface area contributed by atoms with E-state index in [0.717, 1.165) is 23.8 Å². The smallest absolute Gasteiger partial charge is 0.269 e. The van der Waals surface area contributed by atoms with E-state index in [1.165, 1.54) is 23.9 Å². The van der Waals surface area contributed by atoms with Gasteiger partial charge < -0.3 is 9.64 Å². The van der Waals surface area contributed by atoms with Gasteiger partial charge in [0.25, 0.3) is 5.69 Å². The molecule has 0 amide bonds. The Hall–Kier alpha value is -2.94. The van der Waals surface area contributed by atoms with E-state index in [9.17, 15) is 10.1 Å². The van der Waals surface area contributed by atoms with Gasteiger partial charge in [-0.1, -0.05) is 11.8 Å². The summed E-state index contributed by atoms with van der Waals surface area (Å²) in [6.07, 6.45) is 5.55. The zero-order valence-corrected chi connectivity index (χ0v) is 14.1. The number of nitro benzene ring substituents is 1. The first-order chi connectivity index (χ1) is 12.2. The molecule has 2 aliphatic heterocycles. The Morgan fingerprint density at radius 1 is 1.32 bits per heavy atom. The van der Waals surface area contributed by atoms with Crippen molar-refractivity contribution in [1.82, 2.24) is 9.97 Å². The van der Waals surface area contributed by atoms with E-state index in [-0.39, 0.29) is 5.69 Å². The highest BCUT2D eigenvalue weighted by Gasteiger charge is 2.31. The summed E-state index contributed by atoms with van der Waals surface area (Å²) in [6.45, 7) is 1.39. The van der Waals surface area contributed by atoms with Crippen LogP contribution in [0.4, 0.5) is 11.5 Å². The number of aromatic nitrogens is 2. The van der Waals surface area contributed by atoms with Gasteiger partial charge in [0.2, 0.25) is 0 Å². The molecule has 1 aromatic carbocycles. The first-order valence-corrected chi connectivity index (χ1v) is 8.75. The maximum absolute atomic E-state index is 10.8. The lowest BCUT2D eigenvalue weighted by atomic mass is 10.1. The molecule has 0 unspecified atom stereocenters. The fourth-order valence-corrected chi connectivity index (χ4v) is 3.03. The van der Waals surface area contributed by atoms with E-state index in [0.29, 0.717) is 23.2 Å². The number of nitro groups is 1. The van der Waals surface area contributed by atoms with E-state index in [1.54, 1.807) is 18.3 Å². The highest BCUT2D eigenvalue weighted by Crippen LogP contribution is 2.32. The van der Waals surface area contributed by atoms with Gasteiger partial charge in [0.1, 0.15) is 11.6 Å². The number of rotatable bonds is 4. The molecule has 3 heterocycles. The monoisotopic (exact) mass is 355 g/mol. The Bertz CT molecular complexity index is 910. The molecule has 9 heteroatoms. The predicted octanol–water partition coefficient (Wildman–Crippen LogP) is 2.76. The average Bonchev–Trinajstić information content (AvgIpc) is 3.12. The van der Waals surface area contributed by atoms with Gasteiger partial charge in [0.05, 0.1) is 11.5 Å². The van der Waals surface area contributed by atoms with Crippen LogP contribution in [0.15, 0.2) is 46.4 Å². The second-order valence-corrected chi connectivity index (χ2v) is 6.13. The number of anilines is 1. The van der Waals surface area contributed by atoms with Crippen molar-refractivity contribution in [3.8, 4) is 5.75 Å². The summed E-state index contributed by atoms with van der Waals surface area (Å²) in [5.74, 6) is 2.64. The quantitative estimate of drug-likeness (QED) is 0.360. The van der Waals surface area contributed by atoms with Crippen LogP contribution in [-0.2, 0) is 0 Å². The largest absolute Gasteiger partial charge is 0.453 e. The summed E-state index contributed by atoms with van der Waals surface area (Å²) in [6, 6.07) is 5.97. The first kappa shape index (κ1) is 15.6. The zero-order valence-electron chi connectivity index (χ0n) is 13.2. The van der Waals surface area contributed by atoms with Gasteiger partial charge in [-0.25, -0.2) is 9.97 Å². The highest BCUT2D eigenvalue weighted by atomic mass is 32.2. The normalized spacial score (nSPS) is 15.2. The molecule has 0 N–H and O–H groups in total.